The molecule has 0 saturated heterocycles. The number of fused-ring (bicyclic) bond motifs is 6. The molecule has 5 heteroatoms. The molecule has 0 fully saturated rings. The van der Waals surface area contributed by atoms with E-state index in [0.717, 1.165) is 77.6 Å². The van der Waals surface area contributed by atoms with Crippen molar-refractivity contribution in [3.8, 4) is 62.1 Å². The number of nitrogens with zero attached hydrogens (tertiary/aromatic N) is 4. The van der Waals surface area contributed by atoms with Crippen molar-refractivity contribution >= 4 is 43.7 Å². The van der Waals surface area contributed by atoms with E-state index in [1.54, 1.807) is 0 Å². The van der Waals surface area contributed by atoms with Gasteiger partial charge >= 0.3 is 0 Å². The Morgan fingerprint density at radius 2 is 0.893 bits per heavy atom. The van der Waals surface area contributed by atoms with Gasteiger partial charge in [-0.2, -0.15) is 0 Å². The Bertz CT molecular complexity index is 3200. The fourth-order valence-corrected chi connectivity index (χ4v) is 7.99. The fourth-order valence-electron chi connectivity index (χ4n) is 7.99. The summed E-state index contributed by atoms with van der Waals surface area (Å²) < 4.78 is 8.85. The standard InChI is InChI=1S/C51H32N4O/c1-3-14-33(15-4-1)49-52-50(34-16-5-2-6-17-34)54-51(53-49)38-20-11-18-35(30-38)36-19-12-21-39(31-36)55-45-26-9-7-22-41(45)42-29-28-37(32-46(42)55)40-24-13-25-44-43-23-8-10-27-47(43)56-48(40)44/h1-32H. The van der Waals surface area contributed by atoms with E-state index in [2.05, 4.69) is 126 Å². The van der Waals surface area contributed by atoms with Crippen LogP contribution in [0.4, 0.5) is 0 Å². The van der Waals surface area contributed by atoms with Gasteiger partial charge in [-0.3, -0.25) is 0 Å². The van der Waals surface area contributed by atoms with Gasteiger partial charge in [0.05, 0.1) is 11.0 Å². The highest BCUT2D eigenvalue weighted by Crippen LogP contribution is 2.40. The molecule has 0 amide bonds. The number of para-hydroxylation sites is 3. The second kappa shape index (κ2) is 13.0. The van der Waals surface area contributed by atoms with E-state index in [-0.39, 0.29) is 0 Å². The van der Waals surface area contributed by atoms with E-state index in [0.29, 0.717) is 17.5 Å². The van der Waals surface area contributed by atoms with Crippen LogP contribution in [0, 0.1) is 0 Å². The van der Waals surface area contributed by atoms with E-state index in [9.17, 15) is 0 Å². The van der Waals surface area contributed by atoms with Crippen molar-refractivity contribution in [3.05, 3.63) is 194 Å². The smallest absolute Gasteiger partial charge is 0.164 e. The lowest BCUT2D eigenvalue weighted by atomic mass is 10.0. The van der Waals surface area contributed by atoms with E-state index >= 15 is 0 Å². The zero-order valence-electron chi connectivity index (χ0n) is 30.2. The molecule has 0 saturated carbocycles. The summed E-state index contributed by atoms with van der Waals surface area (Å²) >= 11 is 0. The van der Waals surface area contributed by atoms with Gasteiger partial charge in [-0.15, -0.1) is 0 Å². The highest BCUT2D eigenvalue weighted by atomic mass is 16.3. The molecule has 3 aromatic heterocycles. The normalized spacial score (nSPS) is 11.6. The van der Waals surface area contributed by atoms with Crippen LogP contribution in [0.25, 0.3) is 106 Å². The quantitative estimate of drug-likeness (QED) is 0.172. The van der Waals surface area contributed by atoms with Gasteiger partial charge in [-0.25, -0.2) is 15.0 Å². The minimum Gasteiger partial charge on any atom is -0.455 e. The summed E-state index contributed by atoms with van der Waals surface area (Å²) in [6.45, 7) is 0. The summed E-state index contributed by atoms with van der Waals surface area (Å²) in [6.07, 6.45) is 0. The maximum absolute atomic E-state index is 6.47. The van der Waals surface area contributed by atoms with Crippen molar-refractivity contribution in [2.45, 2.75) is 0 Å². The molecule has 3 heterocycles. The van der Waals surface area contributed by atoms with Crippen LogP contribution in [0.1, 0.15) is 0 Å². The van der Waals surface area contributed by atoms with Gasteiger partial charge in [0, 0.05) is 49.5 Å². The topological polar surface area (TPSA) is 56.7 Å². The Balaban J connectivity index is 1.04. The van der Waals surface area contributed by atoms with Crippen LogP contribution in [0.15, 0.2) is 199 Å². The first-order valence-corrected chi connectivity index (χ1v) is 18.8. The van der Waals surface area contributed by atoms with Crippen molar-refractivity contribution in [3.63, 3.8) is 0 Å². The monoisotopic (exact) mass is 716 g/mol. The average Bonchev–Trinajstić information content (AvgIpc) is 3.83. The fraction of sp³-hybridized carbons (Fsp3) is 0. The van der Waals surface area contributed by atoms with Gasteiger partial charge in [-0.1, -0.05) is 158 Å². The summed E-state index contributed by atoms with van der Waals surface area (Å²) in [5, 5.41) is 4.66. The molecular weight excluding hydrogens is 685 g/mol. The number of benzene rings is 8. The lowest BCUT2D eigenvalue weighted by molar-refractivity contribution is 0.670. The summed E-state index contributed by atoms with van der Waals surface area (Å²) in [6, 6.07) is 67.5. The van der Waals surface area contributed by atoms with Crippen LogP contribution in [-0.4, -0.2) is 19.5 Å². The number of aromatic nitrogens is 4. The maximum Gasteiger partial charge on any atom is 0.164 e. The lowest BCUT2D eigenvalue weighted by Gasteiger charge is -2.12. The molecular formula is C51H32N4O. The van der Waals surface area contributed by atoms with E-state index in [1.807, 2.05) is 72.8 Å². The number of furan rings is 1. The molecule has 0 aliphatic rings. The molecule has 0 unspecified atom stereocenters. The minimum absolute atomic E-state index is 0.630. The Labute approximate surface area is 322 Å². The third kappa shape index (κ3) is 5.37. The second-order valence-electron chi connectivity index (χ2n) is 14.0. The molecule has 0 N–H and O–H groups in total. The van der Waals surface area contributed by atoms with Gasteiger partial charge in [-0.05, 0) is 53.1 Å². The molecule has 0 spiro atoms. The molecule has 0 aliphatic carbocycles. The number of hydrogen-bond acceptors (Lipinski definition) is 4. The molecule has 262 valence electrons. The van der Waals surface area contributed by atoms with Crippen LogP contribution < -0.4 is 0 Å². The maximum atomic E-state index is 6.47. The van der Waals surface area contributed by atoms with Crippen LogP contribution in [-0.2, 0) is 0 Å². The van der Waals surface area contributed by atoms with Crippen molar-refractivity contribution in [1.82, 2.24) is 19.5 Å². The molecule has 11 rings (SSSR count). The van der Waals surface area contributed by atoms with Crippen molar-refractivity contribution < 1.29 is 4.42 Å². The molecule has 0 atom stereocenters. The highest BCUT2D eigenvalue weighted by Gasteiger charge is 2.18. The van der Waals surface area contributed by atoms with Crippen LogP contribution >= 0.6 is 0 Å². The van der Waals surface area contributed by atoms with Gasteiger partial charge < -0.3 is 8.98 Å². The summed E-state index contributed by atoms with van der Waals surface area (Å²) in [5.41, 5.74) is 12.3. The average molecular weight is 717 g/mol. The van der Waals surface area contributed by atoms with Gasteiger partial charge in [0.15, 0.2) is 17.5 Å². The first kappa shape index (κ1) is 31.9. The molecule has 8 aromatic carbocycles. The summed E-state index contributed by atoms with van der Waals surface area (Å²) in [5.74, 6) is 1.92. The van der Waals surface area contributed by atoms with Crippen molar-refractivity contribution in [2.75, 3.05) is 0 Å². The summed E-state index contributed by atoms with van der Waals surface area (Å²) in [7, 11) is 0. The second-order valence-corrected chi connectivity index (χ2v) is 14.0. The molecule has 5 nitrogen and oxygen atoms in total. The predicted octanol–water partition coefficient (Wildman–Crippen LogP) is 13.2. The molecule has 0 bridgehead atoms. The Morgan fingerprint density at radius 3 is 1.66 bits per heavy atom. The van der Waals surface area contributed by atoms with E-state index in [1.165, 1.54) is 10.8 Å². The molecule has 0 aliphatic heterocycles. The number of hydrogen-bond donors (Lipinski definition) is 0. The summed E-state index contributed by atoms with van der Waals surface area (Å²) in [4.78, 5) is 14.9. The van der Waals surface area contributed by atoms with E-state index < -0.39 is 0 Å². The van der Waals surface area contributed by atoms with Crippen molar-refractivity contribution in [1.29, 1.82) is 0 Å². The predicted molar refractivity (Wildman–Crippen MR) is 229 cm³/mol. The van der Waals surface area contributed by atoms with E-state index in [4.69, 9.17) is 19.4 Å². The Kier molecular flexibility index (Phi) is 7.42. The van der Waals surface area contributed by atoms with Gasteiger partial charge in [0.2, 0.25) is 0 Å². The van der Waals surface area contributed by atoms with Gasteiger partial charge in [0.1, 0.15) is 11.2 Å². The highest BCUT2D eigenvalue weighted by molar-refractivity contribution is 6.13. The first-order chi connectivity index (χ1) is 27.7. The lowest BCUT2D eigenvalue weighted by Crippen LogP contribution is -2.00. The zero-order valence-corrected chi connectivity index (χ0v) is 30.2. The van der Waals surface area contributed by atoms with Gasteiger partial charge in [0.25, 0.3) is 0 Å². The first-order valence-electron chi connectivity index (χ1n) is 18.8. The molecule has 11 aromatic rings. The SMILES string of the molecule is c1ccc(-c2nc(-c3ccccc3)nc(-c3cccc(-c4cccc(-n5c6ccccc6c6ccc(-c7cccc8c7oc7ccccc78)cc65)c4)c3)n2)cc1. The van der Waals surface area contributed by atoms with Crippen LogP contribution in [0.5, 0.6) is 0 Å². The van der Waals surface area contributed by atoms with Crippen molar-refractivity contribution in [2.24, 2.45) is 0 Å². The third-order valence-corrected chi connectivity index (χ3v) is 10.6. The van der Waals surface area contributed by atoms with Crippen LogP contribution in [0.2, 0.25) is 0 Å². The van der Waals surface area contributed by atoms with Crippen LogP contribution in [0.3, 0.4) is 0 Å². The zero-order chi connectivity index (χ0) is 37.0. The largest absolute Gasteiger partial charge is 0.455 e. The minimum atomic E-state index is 0.630. The molecule has 0 radical (unpaired) electrons. The Hall–Kier alpha value is -7.63. The third-order valence-electron chi connectivity index (χ3n) is 10.6. The Morgan fingerprint density at radius 1 is 0.339 bits per heavy atom. The number of rotatable bonds is 6. The molecule has 56 heavy (non-hydrogen) atoms.